The minimum atomic E-state index is -0.975. The summed E-state index contributed by atoms with van der Waals surface area (Å²) in [6.45, 7) is 0.0387. The van der Waals surface area contributed by atoms with Gasteiger partial charge in [-0.25, -0.2) is 9.18 Å². The van der Waals surface area contributed by atoms with Crippen LogP contribution in [0, 0.1) is 5.82 Å². The third-order valence-corrected chi connectivity index (χ3v) is 7.64. The van der Waals surface area contributed by atoms with Gasteiger partial charge in [-0.1, -0.05) is 72.8 Å². The Morgan fingerprint density at radius 2 is 1.60 bits per heavy atom. The van der Waals surface area contributed by atoms with Crippen LogP contribution in [0.5, 0.6) is 11.5 Å². The van der Waals surface area contributed by atoms with Crippen LogP contribution < -0.4 is 15.4 Å². The fraction of sp³-hybridized carbons (Fsp3) is 0.147. The Hall–Kier alpha value is -5.44. The highest BCUT2D eigenvalue weighted by atomic mass is 19.1. The number of anilines is 1. The Morgan fingerprint density at radius 1 is 0.930 bits per heavy atom. The summed E-state index contributed by atoms with van der Waals surface area (Å²) in [5, 5.41) is 5.60. The van der Waals surface area contributed by atoms with E-state index in [9.17, 15) is 18.8 Å². The molecule has 0 bridgehead atoms. The van der Waals surface area contributed by atoms with E-state index in [0.717, 1.165) is 5.56 Å². The number of para-hydroxylation sites is 2. The normalized spacial score (nSPS) is 16.9. The Balaban J connectivity index is 1.33. The molecule has 4 aromatic carbocycles. The van der Waals surface area contributed by atoms with Crippen molar-refractivity contribution in [1.29, 1.82) is 0 Å². The summed E-state index contributed by atoms with van der Waals surface area (Å²) < 4.78 is 20.5. The van der Waals surface area contributed by atoms with Gasteiger partial charge in [0.2, 0.25) is 5.91 Å². The zero-order chi connectivity index (χ0) is 29.9. The molecule has 0 spiro atoms. The molecule has 2 unspecified atom stereocenters. The number of likely N-dealkylation sites (N-methyl/N-ethyl adjacent to an activating group) is 1. The van der Waals surface area contributed by atoms with Crippen LogP contribution in [0.4, 0.5) is 14.9 Å². The molecular weight excluding hydrogens is 547 g/mol. The molecular formula is C34H29FN4O4. The van der Waals surface area contributed by atoms with Crippen molar-refractivity contribution in [3.63, 3.8) is 0 Å². The van der Waals surface area contributed by atoms with E-state index < -0.39 is 23.8 Å². The Morgan fingerprint density at radius 3 is 2.35 bits per heavy atom. The minimum absolute atomic E-state index is 0.0250. The lowest BCUT2D eigenvalue weighted by atomic mass is 9.95. The topological polar surface area (TPSA) is 91.0 Å². The molecule has 2 aliphatic heterocycles. The Bertz CT molecular complexity index is 1710. The molecule has 0 radical (unpaired) electrons. The van der Waals surface area contributed by atoms with Crippen molar-refractivity contribution in [3.05, 3.63) is 137 Å². The van der Waals surface area contributed by atoms with Gasteiger partial charge in [0.25, 0.3) is 5.91 Å². The fourth-order valence-corrected chi connectivity index (χ4v) is 5.43. The first-order valence-electron chi connectivity index (χ1n) is 13.9. The summed E-state index contributed by atoms with van der Waals surface area (Å²) in [4.78, 5) is 43.9. The van der Waals surface area contributed by atoms with E-state index in [1.54, 1.807) is 31.3 Å². The number of halogens is 1. The summed E-state index contributed by atoms with van der Waals surface area (Å²) in [5.74, 6) is -0.288. The number of nitrogens with one attached hydrogen (secondary N) is 2. The van der Waals surface area contributed by atoms with Gasteiger partial charge in [0, 0.05) is 13.5 Å². The highest BCUT2D eigenvalue weighted by Crippen LogP contribution is 2.38. The molecule has 0 fully saturated rings. The maximum absolute atomic E-state index is 14.5. The molecule has 0 aliphatic carbocycles. The number of hydrogen-bond acceptors (Lipinski definition) is 4. The lowest BCUT2D eigenvalue weighted by molar-refractivity contribution is -0.134. The molecule has 6 rings (SSSR count). The number of rotatable bonds is 8. The van der Waals surface area contributed by atoms with Crippen LogP contribution in [0.1, 0.15) is 17.2 Å². The molecule has 43 heavy (non-hydrogen) atoms. The molecule has 0 aromatic heterocycles. The predicted molar refractivity (Wildman–Crippen MR) is 160 cm³/mol. The van der Waals surface area contributed by atoms with Gasteiger partial charge < -0.3 is 20.3 Å². The van der Waals surface area contributed by atoms with Crippen LogP contribution in [0.25, 0.3) is 0 Å². The fourth-order valence-electron chi connectivity index (χ4n) is 5.43. The molecule has 216 valence electrons. The number of carbonyl (C=O) groups is 3. The van der Waals surface area contributed by atoms with Crippen LogP contribution in [0.2, 0.25) is 0 Å². The molecule has 0 saturated carbocycles. The number of benzene rings is 4. The maximum Gasteiger partial charge on any atom is 0.322 e. The Kier molecular flexibility index (Phi) is 7.61. The van der Waals surface area contributed by atoms with Crippen LogP contribution in [0.15, 0.2) is 120 Å². The third kappa shape index (κ3) is 5.70. The van der Waals surface area contributed by atoms with E-state index in [4.69, 9.17) is 4.74 Å². The molecule has 8 nitrogen and oxygen atoms in total. The first-order chi connectivity index (χ1) is 20.9. The lowest BCUT2D eigenvalue weighted by Crippen LogP contribution is -2.47. The van der Waals surface area contributed by atoms with Crippen LogP contribution in [-0.4, -0.2) is 47.3 Å². The molecule has 9 heteroatoms. The van der Waals surface area contributed by atoms with E-state index in [1.807, 2.05) is 66.7 Å². The zero-order valence-corrected chi connectivity index (χ0v) is 23.4. The maximum atomic E-state index is 14.5. The van der Waals surface area contributed by atoms with Crippen molar-refractivity contribution in [3.8, 4) is 11.5 Å². The van der Waals surface area contributed by atoms with E-state index in [-0.39, 0.29) is 30.6 Å². The number of amides is 4. The second kappa shape index (κ2) is 11.8. The quantitative estimate of drug-likeness (QED) is 0.283. The lowest BCUT2D eigenvalue weighted by Gasteiger charge is -2.31. The first kappa shape index (κ1) is 27.7. The van der Waals surface area contributed by atoms with Gasteiger partial charge in [0.15, 0.2) is 0 Å². The summed E-state index contributed by atoms with van der Waals surface area (Å²) in [5.41, 5.74) is 2.39. The molecule has 0 saturated heterocycles. The van der Waals surface area contributed by atoms with Gasteiger partial charge in [-0.3, -0.25) is 14.5 Å². The van der Waals surface area contributed by atoms with Crippen molar-refractivity contribution >= 4 is 23.5 Å². The minimum Gasteiger partial charge on any atom is -0.457 e. The predicted octanol–water partition coefficient (Wildman–Crippen LogP) is 5.66. The van der Waals surface area contributed by atoms with Gasteiger partial charge in [0.1, 0.15) is 23.4 Å². The third-order valence-electron chi connectivity index (χ3n) is 7.64. The summed E-state index contributed by atoms with van der Waals surface area (Å²) in [6.07, 6.45) is 0.198. The molecule has 2 aliphatic rings. The van der Waals surface area contributed by atoms with Crippen molar-refractivity contribution in [2.24, 2.45) is 0 Å². The Labute approximate surface area is 248 Å². The van der Waals surface area contributed by atoms with Gasteiger partial charge in [-0.2, -0.15) is 0 Å². The average Bonchev–Trinajstić information content (AvgIpc) is 3.36. The van der Waals surface area contributed by atoms with Crippen molar-refractivity contribution in [2.45, 2.75) is 18.5 Å². The monoisotopic (exact) mass is 576 g/mol. The second-order valence-corrected chi connectivity index (χ2v) is 10.4. The highest BCUT2D eigenvalue weighted by Gasteiger charge is 2.46. The number of urea groups is 1. The van der Waals surface area contributed by atoms with Crippen molar-refractivity contribution < 1.29 is 23.5 Å². The first-order valence-corrected chi connectivity index (χ1v) is 13.9. The zero-order valence-electron chi connectivity index (χ0n) is 23.4. The standard InChI is InChI=1S/C34H29FN4O4/c1-38-29-21-39(28(19-22-11-4-2-5-12-22)32(40)36-27-18-9-8-17-26(27)35)33(41)30(29)31(37-34(38)42)23-13-10-16-25(20-23)43-24-14-6-3-7-15-24/h2-18,20,28,31H,19,21H2,1H3,(H,36,40)(H,37,42). The van der Waals surface area contributed by atoms with Crippen LogP contribution >= 0.6 is 0 Å². The SMILES string of the molecule is CN1C(=O)NC(c2cccc(Oc3ccccc3)c2)C2=C1CN(C(Cc1ccccc1)C(=O)Nc1ccccc1F)C2=O. The molecule has 2 atom stereocenters. The highest BCUT2D eigenvalue weighted by molar-refractivity contribution is 6.05. The van der Waals surface area contributed by atoms with E-state index in [2.05, 4.69) is 10.6 Å². The van der Waals surface area contributed by atoms with E-state index in [0.29, 0.717) is 28.3 Å². The van der Waals surface area contributed by atoms with E-state index >= 15 is 0 Å². The number of hydrogen-bond donors (Lipinski definition) is 2. The van der Waals surface area contributed by atoms with Gasteiger partial charge in [0.05, 0.1) is 29.5 Å². The van der Waals surface area contributed by atoms with Crippen molar-refractivity contribution in [1.82, 2.24) is 15.1 Å². The molecule has 2 N–H and O–H groups in total. The average molecular weight is 577 g/mol. The number of ether oxygens (including phenoxy) is 1. The number of nitrogens with zero attached hydrogens (tertiary/aromatic N) is 2. The molecule has 4 amide bonds. The second-order valence-electron chi connectivity index (χ2n) is 10.4. The summed E-state index contributed by atoms with van der Waals surface area (Å²) in [7, 11) is 1.60. The summed E-state index contributed by atoms with van der Waals surface area (Å²) in [6, 6.07) is 29.6. The van der Waals surface area contributed by atoms with Gasteiger partial charge >= 0.3 is 6.03 Å². The number of carbonyl (C=O) groups excluding carboxylic acids is 3. The van der Waals surface area contributed by atoms with E-state index in [1.165, 1.54) is 28.0 Å². The van der Waals surface area contributed by atoms with Gasteiger partial charge in [-0.15, -0.1) is 0 Å². The summed E-state index contributed by atoms with van der Waals surface area (Å²) >= 11 is 0. The molecule has 2 heterocycles. The largest absolute Gasteiger partial charge is 0.457 e. The van der Waals surface area contributed by atoms with Crippen LogP contribution in [-0.2, 0) is 16.0 Å². The van der Waals surface area contributed by atoms with Gasteiger partial charge in [-0.05, 0) is 47.5 Å². The van der Waals surface area contributed by atoms with Crippen LogP contribution in [0.3, 0.4) is 0 Å². The molecule has 4 aromatic rings. The smallest absolute Gasteiger partial charge is 0.322 e. The van der Waals surface area contributed by atoms with Crippen molar-refractivity contribution in [2.75, 3.05) is 18.9 Å².